The Morgan fingerprint density at radius 3 is 2.24 bits per heavy atom. The predicted octanol–water partition coefficient (Wildman–Crippen LogP) is 4.16. The van der Waals surface area contributed by atoms with Gasteiger partial charge in [-0.25, -0.2) is 4.39 Å². The van der Waals surface area contributed by atoms with Crippen LogP contribution in [-0.4, -0.2) is 92.1 Å². The van der Waals surface area contributed by atoms with Crippen molar-refractivity contribution in [3.8, 4) is 17.2 Å². The van der Waals surface area contributed by atoms with Gasteiger partial charge in [0.25, 0.3) is 0 Å². The zero-order valence-electron chi connectivity index (χ0n) is 25.3. The third kappa shape index (κ3) is 6.30. The van der Waals surface area contributed by atoms with Crippen LogP contribution >= 0.6 is 0 Å². The van der Waals surface area contributed by atoms with Gasteiger partial charge in [0.05, 0.1) is 44.7 Å². The summed E-state index contributed by atoms with van der Waals surface area (Å²) in [6, 6.07) is 5.36. The molecule has 0 unspecified atom stereocenters. The Labute approximate surface area is 246 Å². The number of hydrogen-bond donors (Lipinski definition) is 2. The van der Waals surface area contributed by atoms with Crippen LogP contribution in [0.3, 0.4) is 0 Å². The zero-order valence-corrected chi connectivity index (χ0v) is 25.3. The Morgan fingerprint density at radius 1 is 1.00 bits per heavy atom. The standard InChI is InChI=1S/C31H41FN4O6/c1-7-41-24-15-20-16-36(30(33)26(20)27(32)29(24)42-8-2)17-23(37)19-13-21(31(3,4)5)28(40-6)22(14-19)35-11-9-34(10-12-35)18-25(38)39/h13-15,33H,7-12,16-18H2,1-6H3,(H,38,39). The highest BCUT2D eigenvalue weighted by molar-refractivity contribution is 6.06. The number of aliphatic carboxylic acids is 1. The maximum atomic E-state index is 15.5. The van der Waals surface area contributed by atoms with Crippen LogP contribution in [0.15, 0.2) is 18.2 Å². The third-order valence-corrected chi connectivity index (χ3v) is 7.58. The number of hydrogen-bond acceptors (Lipinski definition) is 8. The molecule has 0 spiro atoms. The van der Waals surface area contributed by atoms with E-state index in [4.69, 9.17) is 19.6 Å². The maximum absolute atomic E-state index is 15.5. The van der Waals surface area contributed by atoms with Crippen LogP contribution < -0.4 is 19.1 Å². The minimum atomic E-state index is -0.860. The number of ether oxygens (including phenoxy) is 3. The molecule has 2 aromatic carbocycles. The Kier molecular flexibility index (Phi) is 9.30. The van der Waals surface area contributed by atoms with Gasteiger partial charge in [-0.05, 0) is 43.0 Å². The van der Waals surface area contributed by atoms with E-state index in [9.17, 15) is 14.7 Å². The number of carboxylic acids is 1. The topological polar surface area (TPSA) is 116 Å². The fraction of sp³-hybridized carbons (Fsp3) is 0.516. The lowest BCUT2D eigenvalue weighted by Crippen LogP contribution is -2.48. The average molecular weight is 585 g/mol. The van der Waals surface area contributed by atoms with Crippen molar-refractivity contribution < 1.29 is 33.3 Å². The number of carbonyl (C=O) groups is 2. The Morgan fingerprint density at radius 2 is 1.67 bits per heavy atom. The fourth-order valence-corrected chi connectivity index (χ4v) is 5.54. The molecule has 0 aliphatic carbocycles. The summed E-state index contributed by atoms with van der Waals surface area (Å²) in [6.07, 6.45) is 0. The summed E-state index contributed by atoms with van der Waals surface area (Å²) >= 11 is 0. The first-order valence-electron chi connectivity index (χ1n) is 14.3. The minimum Gasteiger partial charge on any atom is -0.494 e. The van der Waals surface area contributed by atoms with Crippen molar-refractivity contribution in [2.75, 3.05) is 64.5 Å². The number of amidine groups is 1. The van der Waals surface area contributed by atoms with Crippen LogP contribution in [-0.2, 0) is 16.8 Å². The molecule has 4 rings (SSSR count). The van der Waals surface area contributed by atoms with E-state index in [2.05, 4.69) is 25.7 Å². The highest BCUT2D eigenvalue weighted by atomic mass is 19.1. The first-order chi connectivity index (χ1) is 19.9. The van der Waals surface area contributed by atoms with E-state index in [0.29, 0.717) is 49.7 Å². The molecule has 11 heteroatoms. The summed E-state index contributed by atoms with van der Waals surface area (Å²) < 4.78 is 32.5. The Hall–Kier alpha value is -3.86. The van der Waals surface area contributed by atoms with Crippen molar-refractivity contribution in [1.82, 2.24) is 9.80 Å². The van der Waals surface area contributed by atoms with Crippen molar-refractivity contribution in [1.29, 1.82) is 5.41 Å². The van der Waals surface area contributed by atoms with Gasteiger partial charge in [0.2, 0.25) is 0 Å². The number of carbonyl (C=O) groups excluding carboxylic acids is 1. The van der Waals surface area contributed by atoms with Crippen molar-refractivity contribution in [2.45, 2.75) is 46.6 Å². The molecule has 0 atom stereocenters. The lowest BCUT2D eigenvalue weighted by atomic mass is 9.84. The molecule has 2 aliphatic rings. The fourth-order valence-electron chi connectivity index (χ4n) is 5.54. The number of fused-ring (bicyclic) bond motifs is 1. The maximum Gasteiger partial charge on any atom is 0.317 e. The number of methoxy groups -OCH3 is 1. The number of ketones is 1. The second kappa shape index (κ2) is 12.6. The van der Waals surface area contributed by atoms with Gasteiger partial charge in [-0.1, -0.05) is 20.8 Å². The highest BCUT2D eigenvalue weighted by Gasteiger charge is 2.34. The molecule has 10 nitrogen and oxygen atoms in total. The van der Waals surface area contributed by atoms with Gasteiger partial charge in [0, 0.05) is 43.9 Å². The summed E-state index contributed by atoms with van der Waals surface area (Å²) in [4.78, 5) is 30.5. The average Bonchev–Trinajstić information content (AvgIpc) is 3.24. The van der Waals surface area contributed by atoms with Crippen LogP contribution in [0.2, 0.25) is 0 Å². The van der Waals surface area contributed by atoms with Gasteiger partial charge in [0.15, 0.2) is 23.1 Å². The molecular formula is C31H41FN4O6. The number of rotatable bonds is 11. The van der Waals surface area contributed by atoms with E-state index >= 15 is 4.39 Å². The van der Waals surface area contributed by atoms with Gasteiger partial charge in [0.1, 0.15) is 11.6 Å². The van der Waals surface area contributed by atoms with Gasteiger partial charge in [-0.15, -0.1) is 0 Å². The lowest BCUT2D eigenvalue weighted by Gasteiger charge is -2.37. The highest BCUT2D eigenvalue weighted by Crippen LogP contribution is 2.42. The summed E-state index contributed by atoms with van der Waals surface area (Å²) in [7, 11) is 1.61. The second-order valence-electron chi connectivity index (χ2n) is 11.5. The monoisotopic (exact) mass is 584 g/mol. The van der Waals surface area contributed by atoms with Crippen LogP contribution in [0.5, 0.6) is 17.2 Å². The minimum absolute atomic E-state index is 0.0142. The molecule has 0 aromatic heterocycles. The summed E-state index contributed by atoms with van der Waals surface area (Å²) in [5, 5.41) is 17.9. The molecular weight excluding hydrogens is 543 g/mol. The largest absolute Gasteiger partial charge is 0.494 e. The van der Waals surface area contributed by atoms with Gasteiger partial charge in [-0.3, -0.25) is 19.9 Å². The molecule has 0 radical (unpaired) electrons. The molecule has 0 saturated carbocycles. The molecule has 2 aromatic rings. The first-order valence-corrected chi connectivity index (χ1v) is 14.3. The summed E-state index contributed by atoms with van der Waals surface area (Å²) in [5.41, 5.74) is 2.47. The smallest absolute Gasteiger partial charge is 0.317 e. The van der Waals surface area contributed by atoms with Gasteiger partial charge < -0.3 is 29.1 Å². The Bertz CT molecular complexity index is 1360. The quantitative estimate of drug-likeness (QED) is 0.376. The number of piperazine rings is 1. The van der Waals surface area contributed by atoms with Crippen LogP contribution in [0, 0.1) is 11.2 Å². The van der Waals surface area contributed by atoms with E-state index in [0.717, 1.165) is 11.3 Å². The molecule has 228 valence electrons. The van der Waals surface area contributed by atoms with Crippen molar-refractivity contribution in [3.05, 3.63) is 46.3 Å². The number of Topliss-reactive ketones (excluding diaryl/α,β-unsaturated/α-hetero) is 1. The number of nitrogens with one attached hydrogen (secondary N) is 1. The molecule has 0 bridgehead atoms. The van der Waals surface area contributed by atoms with E-state index in [-0.39, 0.29) is 60.3 Å². The third-order valence-electron chi connectivity index (χ3n) is 7.58. The molecule has 0 amide bonds. The van der Waals surface area contributed by atoms with Crippen molar-refractivity contribution in [2.24, 2.45) is 0 Å². The van der Waals surface area contributed by atoms with E-state index in [1.54, 1.807) is 31.9 Å². The van der Waals surface area contributed by atoms with Crippen molar-refractivity contribution in [3.63, 3.8) is 0 Å². The first kappa shape index (κ1) is 31.1. The molecule has 1 saturated heterocycles. The van der Waals surface area contributed by atoms with E-state index in [1.165, 1.54) is 0 Å². The second-order valence-corrected chi connectivity index (χ2v) is 11.5. The molecule has 42 heavy (non-hydrogen) atoms. The normalized spacial score (nSPS) is 15.5. The van der Waals surface area contributed by atoms with E-state index in [1.807, 2.05) is 17.0 Å². The Balaban J connectivity index is 1.64. The van der Waals surface area contributed by atoms with Crippen LogP contribution in [0.1, 0.15) is 61.7 Å². The number of halogens is 1. The van der Waals surface area contributed by atoms with Crippen LogP contribution in [0.4, 0.5) is 10.1 Å². The molecule has 2 aliphatic heterocycles. The van der Waals surface area contributed by atoms with Gasteiger partial charge >= 0.3 is 5.97 Å². The van der Waals surface area contributed by atoms with E-state index < -0.39 is 11.8 Å². The number of benzene rings is 2. The summed E-state index contributed by atoms with van der Waals surface area (Å²) in [5.74, 6) is -0.839. The predicted molar refractivity (Wildman–Crippen MR) is 158 cm³/mol. The number of nitrogens with zero attached hydrogens (tertiary/aromatic N) is 3. The molecule has 2 N–H and O–H groups in total. The molecule has 1 fully saturated rings. The SMILES string of the molecule is CCOc1cc2c(c(F)c1OCC)C(=N)N(CC(=O)c1cc(N3CCN(CC(=O)O)CC3)c(OC)c(C(C)(C)C)c1)C2. The molecule has 2 heterocycles. The number of anilines is 1. The lowest BCUT2D eigenvalue weighted by molar-refractivity contribution is -0.138. The number of carboxylic acid groups (broad SMARTS) is 1. The zero-order chi connectivity index (χ0) is 30.8. The van der Waals surface area contributed by atoms with Gasteiger partial charge in [-0.2, -0.15) is 0 Å². The van der Waals surface area contributed by atoms with Crippen molar-refractivity contribution >= 4 is 23.3 Å². The van der Waals surface area contributed by atoms with Crippen LogP contribution in [0.25, 0.3) is 0 Å². The summed E-state index contributed by atoms with van der Waals surface area (Å²) in [6.45, 7) is 12.7.